The van der Waals surface area contributed by atoms with Gasteiger partial charge in [0.05, 0.1) is 13.0 Å². The van der Waals surface area contributed by atoms with Crippen LogP contribution in [0.5, 0.6) is 5.75 Å². The van der Waals surface area contributed by atoms with Crippen LogP contribution in [0.1, 0.15) is 30.4 Å². The average molecular weight is 422 g/mol. The monoisotopic (exact) mass is 421 g/mol. The lowest BCUT2D eigenvalue weighted by molar-refractivity contribution is -0.129. The van der Waals surface area contributed by atoms with Crippen molar-refractivity contribution in [3.63, 3.8) is 0 Å². The molecule has 31 heavy (non-hydrogen) atoms. The van der Waals surface area contributed by atoms with Crippen LogP contribution in [-0.2, 0) is 22.7 Å². The van der Waals surface area contributed by atoms with Gasteiger partial charge in [0.2, 0.25) is 11.8 Å². The number of carbonyl (C=O) groups is 2. The van der Waals surface area contributed by atoms with Gasteiger partial charge in [0.15, 0.2) is 0 Å². The summed E-state index contributed by atoms with van der Waals surface area (Å²) in [5.41, 5.74) is 2.34. The molecule has 2 fully saturated rings. The quantitative estimate of drug-likeness (QED) is 0.747. The largest absolute Gasteiger partial charge is 0.497 e. The molecule has 0 unspecified atom stereocenters. The fourth-order valence-corrected chi connectivity index (χ4v) is 4.49. The molecule has 1 N–H and O–H groups in total. The second-order valence-corrected chi connectivity index (χ2v) is 8.57. The van der Waals surface area contributed by atoms with Crippen molar-refractivity contribution in [1.82, 2.24) is 15.1 Å². The van der Waals surface area contributed by atoms with Crippen LogP contribution in [0.3, 0.4) is 0 Å². The maximum Gasteiger partial charge on any atom is 0.225 e. The molecule has 6 heteroatoms. The lowest BCUT2D eigenvalue weighted by Gasteiger charge is -2.32. The molecule has 0 spiro atoms. The fraction of sp³-hybridized carbons (Fsp3) is 0.440. The van der Waals surface area contributed by atoms with Gasteiger partial charge >= 0.3 is 0 Å². The first-order chi connectivity index (χ1) is 15.1. The summed E-state index contributed by atoms with van der Waals surface area (Å²) in [4.78, 5) is 29.5. The van der Waals surface area contributed by atoms with Crippen LogP contribution in [0.15, 0.2) is 54.6 Å². The molecule has 2 saturated heterocycles. The van der Waals surface area contributed by atoms with Gasteiger partial charge in [-0.05, 0) is 36.1 Å². The number of amides is 2. The van der Waals surface area contributed by atoms with E-state index >= 15 is 0 Å². The summed E-state index contributed by atoms with van der Waals surface area (Å²) in [6, 6.07) is 18.4. The molecule has 0 aromatic heterocycles. The molecule has 2 aliphatic rings. The Balaban J connectivity index is 1.23. The third-order valence-corrected chi connectivity index (χ3v) is 6.28. The van der Waals surface area contributed by atoms with Crippen molar-refractivity contribution in [3.05, 3.63) is 65.7 Å². The Labute approximate surface area is 184 Å². The Kier molecular flexibility index (Phi) is 6.87. The van der Waals surface area contributed by atoms with Gasteiger partial charge in [-0.15, -0.1) is 0 Å². The number of likely N-dealkylation sites (tertiary alicyclic amines) is 2. The minimum atomic E-state index is -0.263. The number of hydrogen-bond donors (Lipinski definition) is 1. The fourth-order valence-electron chi connectivity index (χ4n) is 4.49. The van der Waals surface area contributed by atoms with E-state index in [1.165, 1.54) is 5.56 Å². The standard InChI is InChI=1S/C25H31N3O3/c1-31-23-9-5-8-20(14-23)17-28-18-21(15-24(28)29)25(30)26-22-10-12-27(13-11-22)16-19-6-3-2-4-7-19/h2-9,14,21-22H,10-13,15-18H2,1H3,(H,26,30)/t21-/m0/s1. The Bertz CT molecular complexity index is 894. The highest BCUT2D eigenvalue weighted by Crippen LogP contribution is 2.23. The lowest BCUT2D eigenvalue weighted by atomic mass is 10.0. The highest BCUT2D eigenvalue weighted by atomic mass is 16.5. The normalized spacial score (nSPS) is 20.1. The molecule has 0 aliphatic carbocycles. The van der Waals surface area contributed by atoms with E-state index in [0.717, 1.165) is 43.8 Å². The molecule has 2 aliphatic heterocycles. The van der Waals surface area contributed by atoms with Gasteiger partial charge in [-0.3, -0.25) is 14.5 Å². The van der Waals surface area contributed by atoms with Crippen molar-refractivity contribution < 1.29 is 14.3 Å². The van der Waals surface area contributed by atoms with Gasteiger partial charge in [-0.2, -0.15) is 0 Å². The van der Waals surface area contributed by atoms with E-state index in [1.54, 1.807) is 12.0 Å². The highest BCUT2D eigenvalue weighted by Gasteiger charge is 2.35. The van der Waals surface area contributed by atoms with Crippen molar-refractivity contribution in [3.8, 4) is 5.75 Å². The summed E-state index contributed by atoms with van der Waals surface area (Å²) < 4.78 is 5.26. The van der Waals surface area contributed by atoms with Crippen LogP contribution in [0.2, 0.25) is 0 Å². The zero-order valence-corrected chi connectivity index (χ0v) is 18.1. The molecular weight excluding hydrogens is 390 g/mol. The van der Waals surface area contributed by atoms with Crippen LogP contribution in [0, 0.1) is 5.92 Å². The topological polar surface area (TPSA) is 61.9 Å². The molecule has 4 rings (SSSR count). The maximum atomic E-state index is 12.8. The van der Waals surface area contributed by atoms with Crippen LogP contribution in [0.4, 0.5) is 0 Å². The SMILES string of the molecule is COc1cccc(CN2C[C@@H](C(=O)NC3CCN(Cc4ccccc4)CC3)CC2=O)c1. The smallest absolute Gasteiger partial charge is 0.225 e. The minimum absolute atomic E-state index is 0.0167. The predicted octanol–water partition coefficient (Wildman–Crippen LogP) is 2.82. The van der Waals surface area contributed by atoms with Crippen molar-refractivity contribution in [2.75, 3.05) is 26.7 Å². The number of methoxy groups -OCH3 is 1. The number of carbonyl (C=O) groups excluding carboxylic acids is 2. The van der Waals surface area contributed by atoms with Gasteiger partial charge < -0.3 is 15.0 Å². The van der Waals surface area contributed by atoms with Gasteiger partial charge in [-0.1, -0.05) is 42.5 Å². The van der Waals surface area contributed by atoms with E-state index in [4.69, 9.17) is 4.74 Å². The van der Waals surface area contributed by atoms with Gasteiger partial charge in [0, 0.05) is 45.2 Å². The maximum absolute atomic E-state index is 12.8. The number of nitrogens with zero attached hydrogens (tertiary/aromatic N) is 2. The summed E-state index contributed by atoms with van der Waals surface area (Å²) in [5.74, 6) is 0.571. The number of piperidine rings is 1. The molecule has 164 valence electrons. The predicted molar refractivity (Wildman–Crippen MR) is 119 cm³/mol. The molecule has 0 bridgehead atoms. The molecule has 0 radical (unpaired) electrons. The van der Waals surface area contributed by atoms with Crippen LogP contribution in [0.25, 0.3) is 0 Å². The summed E-state index contributed by atoms with van der Waals surface area (Å²) in [5, 5.41) is 3.20. The Morgan fingerprint density at radius 2 is 1.77 bits per heavy atom. The first kappa shape index (κ1) is 21.4. The van der Waals surface area contributed by atoms with Crippen molar-refractivity contribution >= 4 is 11.8 Å². The number of benzene rings is 2. The van der Waals surface area contributed by atoms with Crippen LogP contribution in [-0.4, -0.2) is 54.4 Å². The van der Waals surface area contributed by atoms with E-state index in [1.807, 2.05) is 30.3 Å². The van der Waals surface area contributed by atoms with Crippen molar-refractivity contribution in [2.24, 2.45) is 5.92 Å². The third-order valence-electron chi connectivity index (χ3n) is 6.28. The highest BCUT2D eigenvalue weighted by molar-refractivity contribution is 5.89. The Hall–Kier alpha value is -2.86. The van der Waals surface area contributed by atoms with Gasteiger partial charge in [0.25, 0.3) is 0 Å². The third kappa shape index (κ3) is 5.64. The van der Waals surface area contributed by atoms with Crippen LogP contribution >= 0.6 is 0 Å². The minimum Gasteiger partial charge on any atom is -0.497 e. The first-order valence-electron chi connectivity index (χ1n) is 11.1. The van der Waals surface area contributed by atoms with E-state index in [0.29, 0.717) is 19.5 Å². The van der Waals surface area contributed by atoms with Gasteiger partial charge in [0.1, 0.15) is 5.75 Å². The Morgan fingerprint density at radius 3 is 2.52 bits per heavy atom. The van der Waals surface area contributed by atoms with Crippen molar-refractivity contribution in [1.29, 1.82) is 0 Å². The van der Waals surface area contributed by atoms with E-state index < -0.39 is 0 Å². The first-order valence-corrected chi connectivity index (χ1v) is 11.1. The number of rotatable bonds is 7. The summed E-state index contributed by atoms with van der Waals surface area (Å²) >= 11 is 0. The number of nitrogens with one attached hydrogen (secondary N) is 1. The molecule has 1 atom stereocenters. The summed E-state index contributed by atoms with van der Waals surface area (Å²) in [6.07, 6.45) is 2.20. The molecule has 0 saturated carbocycles. The second kappa shape index (κ2) is 9.96. The summed E-state index contributed by atoms with van der Waals surface area (Å²) in [6.45, 7) is 3.90. The van der Waals surface area contributed by atoms with E-state index in [-0.39, 0.29) is 23.8 Å². The van der Waals surface area contributed by atoms with Gasteiger partial charge in [-0.25, -0.2) is 0 Å². The van der Waals surface area contributed by atoms with E-state index in [2.05, 4.69) is 34.5 Å². The zero-order chi connectivity index (χ0) is 21.6. The second-order valence-electron chi connectivity index (χ2n) is 8.57. The average Bonchev–Trinajstić information content (AvgIpc) is 3.16. The number of ether oxygens (including phenoxy) is 1. The summed E-state index contributed by atoms with van der Waals surface area (Å²) in [7, 11) is 1.63. The lowest BCUT2D eigenvalue weighted by Crippen LogP contribution is -2.46. The van der Waals surface area contributed by atoms with Crippen LogP contribution < -0.4 is 10.1 Å². The molecule has 2 aromatic rings. The molecule has 2 aromatic carbocycles. The van der Waals surface area contributed by atoms with E-state index in [9.17, 15) is 9.59 Å². The Morgan fingerprint density at radius 1 is 1.03 bits per heavy atom. The molecular formula is C25H31N3O3. The molecule has 2 heterocycles. The van der Waals surface area contributed by atoms with Crippen molar-refractivity contribution in [2.45, 2.75) is 38.4 Å². The molecule has 6 nitrogen and oxygen atoms in total. The number of hydrogen-bond acceptors (Lipinski definition) is 4. The molecule has 2 amide bonds. The zero-order valence-electron chi connectivity index (χ0n) is 18.1.